The third kappa shape index (κ3) is 2.28. The molecule has 0 saturated heterocycles. The number of hydrogen-bond donors (Lipinski definition) is 2. The number of halogens is 1. The highest BCUT2D eigenvalue weighted by atomic mass is 32.1. The minimum atomic E-state index is -0.931. The molecule has 0 aliphatic heterocycles. The zero-order chi connectivity index (χ0) is 10.8. The molecule has 0 aliphatic carbocycles. The van der Waals surface area contributed by atoms with Crippen molar-refractivity contribution in [2.45, 2.75) is 37.2 Å². The second kappa shape index (κ2) is 4.32. The summed E-state index contributed by atoms with van der Waals surface area (Å²) in [4.78, 5) is 0.542. The normalized spacial score (nSPS) is 11.8. The first-order valence-electron chi connectivity index (χ1n) is 4.74. The molecule has 0 amide bonds. The van der Waals surface area contributed by atoms with E-state index in [0.29, 0.717) is 23.3 Å². The van der Waals surface area contributed by atoms with E-state index in [1.807, 2.05) is 13.8 Å². The summed E-state index contributed by atoms with van der Waals surface area (Å²) in [6.07, 6.45) is 1.14. The van der Waals surface area contributed by atoms with Gasteiger partial charge in [0.15, 0.2) is 0 Å². The van der Waals surface area contributed by atoms with E-state index < -0.39 is 5.60 Å². The van der Waals surface area contributed by atoms with Gasteiger partial charge >= 0.3 is 0 Å². The lowest BCUT2D eigenvalue weighted by Crippen LogP contribution is -2.23. The molecule has 1 rings (SSSR count). The third-order valence-corrected chi connectivity index (χ3v) is 2.85. The Labute approximate surface area is 89.4 Å². The summed E-state index contributed by atoms with van der Waals surface area (Å²) < 4.78 is 13.1. The molecule has 0 heterocycles. The van der Waals surface area contributed by atoms with Crippen molar-refractivity contribution in [1.29, 1.82) is 0 Å². The molecule has 3 heteroatoms. The van der Waals surface area contributed by atoms with Gasteiger partial charge in [-0.1, -0.05) is 13.8 Å². The van der Waals surface area contributed by atoms with Crippen molar-refractivity contribution in [2.75, 3.05) is 0 Å². The van der Waals surface area contributed by atoms with Gasteiger partial charge in [0.1, 0.15) is 5.82 Å². The van der Waals surface area contributed by atoms with Crippen LogP contribution in [0.5, 0.6) is 0 Å². The lowest BCUT2D eigenvalue weighted by molar-refractivity contribution is 0.0279. The molecule has 0 saturated carbocycles. The van der Waals surface area contributed by atoms with Crippen molar-refractivity contribution < 1.29 is 9.50 Å². The highest BCUT2D eigenvalue weighted by Gasteiger charge is 2.25. The predicted molar refractivity (Wildman–Crippen MR) is 58.1 cm³/mol. The Morgan fingerprint density at radius 2 is 1.86 bits per heavy atom. The monoisotopic (exact) mass is 214 g/mol. The smallest absolute Gasteiger partial charge is 0.124 e. The Hall–Kier alpha value is -0.540. The van der Waals surface area contributed by atoms with E-state index in [4.69, 9.17) is 0 Å². The zero-order valence-electron chi connectivity index (χ0n) is 8.42. The molecule has 0 aromatic heterocycles. The largest absolute Gasteiger partial charge is 0.385 e. The molecule has 0 radical (unpaired) electrons. The molecule has 1 nitrogen and oxygen atoms in total. The van der Waals surface area contributed by atoms with Gasteiger partial charge in [0.25, 0.3) is 0 Å². The first kappa shape index (κ1) is 11.5. The van der Waals surface area contributed by atoms with Crippen LogP contribution in [0.25, 0.3) is 0 Å². The maximum absolute atomic E-state index is 13.1. The summed E-state index contributed by atoms with van der Waals surface area (Å²) in [5.74, 6) is -0.354. The summed E-state index contributed by atoms with van der Waals surface area (Å²) in [7, 11) is 0. The van der Waals surface area contributed by atoms with Crippen LogP contribution in [0.1, 0.15) is 32.3 Å². The molecule has 0 bridgehead atoms. The van der Waals surface area contributed by atoms with Gasteiger partial charge in [0, 0.05) is 4.90 Å². The van der Waals surface area contributed by atoms with Crippen LogP contribution in [0.2, 0.25) is 0 Å². The van der Waals surface area contributed by atoms with E-state index in [1.54, 1.807) is 6.07 Å². The van der Waals surface area contributed by atoms with Gasteiger partial charge in [-0.25, -0.2) is 4.39 Å². The van der Waals surface area contributed by atoms with E-state index in [9.17, 15) is 9.50 Å². The molecule has 0 aliphatic rings. The topological polar surface area (TPSA) is 20.2 Å². The minimum Gasteiger partial charge on any atom is -0.385 e. The van der Waals surface area contributed by atoms with Gasteiger partial charge in [-0.3, -0.25) is 0 Å². The Bertz CT molecular complexity index is 301. The van der Waals surface area contributed by atoms with Gasteiger partial charge in [-0.05, 0) is 36.6 Å². The summed E-state index contributed by atoms with van der Waals surface area (Å²) >= 11 is 4.08. The molecule has 14 heavy (non-hydrogen) atoms. The number of rotatable bonds is 3. The zero-order valence-corrected chi connectivity index (χ0v) is 9.31. The molecular formula is C11H15FOS. The summed E-state index contributed by atoms with van der Waals surface area (Å²) in [5.41, 5.74) is -0.327. The van der Waals surface area contributed by atoms with Gasteiger partial charge in [0.2, 0.25) is 0 Å². The molecule has 1 aromatic rings. The summed E-state index contributed by atoms with van der Waals surface area (Å²) in [5, 5.41) is 10.1. The molecule has 0 spiro atoms. The molecule has 1 N–H and O–H groups in total. The number of aliphatic hydroxyl groups is 1. The Morgan fingerprint density at radius 1 is 1.29 bits per heavy atom. The molecule has 1 aromatic carbocycles. The van der Waals surface area contributed by atoms with E-state index in [2.05, 4.69) is 12.6 Å². The van der Waals surface area contributed by atoms with Crippen molar-refractivity contribution in [3.63, 3.8) is 0 Å². The van der Waals surface area contributed by atoms with Gasteiger partial charge in [0.05, 0.1) is 5.60 Å². The van der Waals surface area contributed by atoms with Gasteiger partial charge in [-0.2, -0.15) is 0 Å². The number of hydrogen-bond acceptors (Lipinski definition) is 2. The van der Waals surface area contributed by atoms with Crippen LogP contribution in [-0.4, -0.2) is 5.11 Å². The van der Waals surface area contributed by atoms with Crippen LogP contribution in [-0.2, 0) is 5.60 Å². The quantitative estimate of drug-likeness (QED) is 0.741. The van der Waals surface area contributed by atoms with E-state index in [0.717, 1.165) is 0 Å². The maximum atomic E-state index is 13.1. The van der Waals surface area contributed by atoms with E-state index in [-0.39, 0.29) is 5.82 Å². The van der Waals surface area contributed by atoms with Crippen LogP contribution in [0.15, 0.2) is 23.1 Å². The van der Waals surface area contributed by atoms with Crippen molar-refractivity contribution in [3.8, 4) is 0 Å². The van der Waals surface area contributed by atoms with E-state index >= 15 is 0 Å². The van der Waals surface area contributed by atoms with E-state index in [1.165, 1.54) is 12.1 Å². The molecular weight excluding hydrogens is 199 g/mol. The molecule has 78 valence electrons. The van der Waals surface area contributed by atoms with Crippen molar-refractivity contribution in [3.05, 3.63) is 29.6 Å². The highest BCUT2D eigenvalue weighted by Crippen LogP contribution is 2.30. The summed E-state index contributed by atoms with van der Waals surface area (Å²) in [6, 6.07) is 4.41. The maximum Gasteiger partial charge on any atom is 0.124 e. The third-order valence-electron chi connectivity index (χ3n) is 2.59. The second-order valence-electron chi connectivity index (χ2n) is 3.44. The number of benzene rings is 1. The van der Waals surface area contributed by atoms with Gasteiger partial charge in [-0.15, -0.1) is 12.6 Å². The van der Waals surface area contributed by atoms with Crippen LogP contribution >= 0.6 is 12.6 Å². The van der Waals surface area contributed by atoms with Crippen LogP contribution < -0.4 is 0 Å². The van der Waals surface area contributed by atoms with Crippen LogP contribution in [0.4, 0.5) is 4.39 Å². The van der Waals surface area contributed by atoms with Crippen LogP contribution in [0.3, 0.4) is 0 Å². The fourth-order valence-electron chi connectivity index (χ4n) is 1.50. The Balaban J connectivity index is 3.17. The van der Waals surface area contributed by atoms with Crippen molar-refractivity contribution in [1.82, 2.24) is 0 Å². The molecule has 0 fully saturated rings. The standard InChI is InChI=1S/C11H15FOS/c1-3-11(13,4-2)8-5-9(12)7-10(14)6-8/h5-7,13-14H,3-4H2,1-2H3. The fraction of sp³-hybridized carbons (Fsp3) is 0.455. The first-order chi connectivity index (χ1) is 6.51. The molecule has 0 atom stereocenters. The lowest BCUT2D eigenvalue weighted by Gasteiger charge is -2.26. The van der Waals surface area contributed by atoms with Gasteiger partial charge < -0.3 is 5.11 Å². The Kier molecular flexibility index (Phi) is 3.56. The Morgan fingerprint density at radius 3 is 2.29 bits per heavy atom. The van der Waals surface area contributed by atoms with Crippen molar-refractivity contribution >= 4 is 12.6 Å². The minimum absolute atomic E-state index is 0.354. The first-order valence-corrected chi connectivity index (χ1v) is 5.19. The average Bonchev–Trinajstić information content (AvgIpc) is 2.15. The average molecular weight is 214 g/mol. The predicted octanol–water partition coefficient (Wildman–Crippen LogP) is 3.12. The SMILES string of the molecule is CCC(O)(CC)c1cc(F)cc(S)c1. The number of thiol groups is 1. The fourth-order valence-corrected chi connectivity index (χ4v) is 1.76. The second-order valence-corrected chi connectivity index (χ2v) is 3.95. The molecule has 0 unspecified atom stereocenters. The highest BCUT2D eigenvalue weighted by molar-refractivity contribution is 7.80. The summed E-state index contributed by atoms with van der Waals surface area (Å²) in [6.45, 7) is 3.76. The lowest BCUT2D eigenvalue weighted by atomic mass is 9.89. The van der Waals surface area contributed by atoms with Crippen molar-refractivity contribution in [2.24, 2.45) is 0 Å². The van der Waals surface area contributed by atoms with Crippen LogP contribution in [0, 0.1) is 5.82 Å².